The Bertz CT molecular complexity index is 970. The molecule has 3 heterocycles. The van der Waals surface area contributed by atoms with Gasteiger partial charge in [0.05, 0.1) is 23.6 Å². The molecule has 0 radical (unpaired) electrons. The maximum absolute atomic E-state index is 13.2. The quantitative estimate of drug-likeness (QED) is 0.773. The van der Waals surface area contributed by atoms with E-state index in [0.29, 0.717) is 12.2 Å². The molecule has 4 atom stereocenters. The molecule has 0 aliphatic carbocycles. The van der Waals surface area contributed by atoms with Crippen LogP contribution in [0.2, 0.25) is 0 Å². The molecule has 0 N–H and O–H groups in total. The Morgan fingerprint density at radius 2 is 1.43 bits per heavy atom. The van der Waals surface area contributed by atoms with Gasteiger partial charge in [-0.3, -0.25) is 19.3 Å². The Kier molecular flexibility index (Phi) is 3.98. The van der Waals surface area contributed by atoms with E-state index in [9.17, 15) is 14.4 Å². The Balaban J connectivity index is 1.45. The van der Waals surface area contributed by atoms with Crippen molar-refractivity contribution >= 4 is 23.3 Å². The third-order valence-electron chi connectivity index (χ3n) is 6.11. The molecule has 2 aromatic carbocycles. The molecule has 5 rings (SSSR count). The number of anilines is 1. The van der Waals surface area contributed by atoms with E-state index in [1.807, 2.05) is 42.5 Å². The molecule has 28 heavy (non-hydrogen) atoms. The summed E-state index contributed by atoms with van der Waals surface area (Å²) < 4.78 is 0. The highest BCUT2D eigenvalue weighted by Crippen LogP contribution is 2.46. The van der Waals surface area contributed by atoms with E-state index in [-0.39, 0.29) is 23.6 Å². The van der Waals surface area contributed by atoms with Gasteiger partial charge in [0.2, 0.25) is 11.8 Å². The molecule has 2 bridgehead atoms. The Morgan fingerprint density at radius 3 is 2.14 bits per heavy atom. The first-order chi connectivity index (χ1) is 13.7. The first kappa shape index (κ1) is 17.1. The van der Waals surface area contributed by atoms with Gasteiger partial charge in [0, 0.05) is 12.6 Å². The van der Waals surface area contributed by atoms with Crippen LogP contribution in [0.5, 0.6) is 0 Å². The number of carbonyl (C=O) groups excluding carboxylic acids is 3. The van der Waals surface area contributed by atoms with Gasteiger partial charge in [-0.15, -0.1) is 0 Å². The van der Waals surface area contributed by atoms with Crippen molar-refractivity contribution in [2.24, 2.45) is 11.8 Å². The first-order valence-electron chi connectivity index (χ1n) is 9.61. The van der Waals surface area contributed by atoms with E-state index in [1.165, 1.54) is 10.5 Å². The summed E-state index contributed by atoms with van der Waals surface area (Å²) in [5.41, 5.74) is 1.76. The number of carbonyl (C=O) groups is 3. The third kappa shape index (κ3) is 2.47. The van der Waals surface area contributed by atoms with Crippen molar-refractivity contribution in [2.75, 3.05) is 11.4 Å². The van der Waals surface area contributed by atoms with Crippen molar-refractivity contribution in [3.8, 4) is 0 Å². The fourth-order valence-electron chi connectivity index (χ4n) is 4.89. The van der Waals surface area contributed by atoms with Gasteiger partial charge in [-0.05, 0) is 30.2 Å². The number of fused-ring (bicyclic) bond motifs is 5. The fraction of sp³-hybridized carbons (Fsp3) is 0.261. The molecule has 2 aromatic rings. The molecule has 3 aliphatic heterocycles. The van der Waals surface area contributed by atoms with Crippen molar-refractivity contribution < 1.29 is 14.4 Å². The lowest BCUT2D eigenvalue weighted by Gasteiger charge is -2.33. The number of nitrogens with zero attached hydrogens (tertiary/aromatic N) is 2. The number of imide groups is 1. The predicted molar refractivity (Wildman–Crippen MR) is 104 cm³/mol. The molecule has 2 amide bonds. The molecule has 3 aliphatic rings. The molecule has 2 fully saturated rings. The average molecular weight is 372 g/mol. The molecule has 5 heteroatoms. The van der Waals surface area contributed by atoms with Crippen LogP contribution in [-0.4, -0.2) is 41.1 Å². The summed E-state index contributed by atoms with van der Waals surface area (Å²) in [6.07, 6.45) is 4.15. The second kappa shape index (κ2) is 6.53. The first-order valence-corrected chi connectivity index (χ1v) is 9.61. The van der Waals surface area contributed by atoms with Crippen LogP contribution >= 0.6 is 0 Å². The summed E-state index contributed by atoms with van der Waals surface area (Å²) in [5.74, 6) is -1.62. The zero-order valence-corrected chi connectivity index (χ0v) is 15.3. The van der Waals surface area contributed by atoms with Gasteiger partial charge >= 0.3 is 0 Å². The second-order valence-electron chi connectivity index (χ2n) is 7.57. The van der Waals surface area contributed by atoms with Crippen molar-refractivity contribution in [3.63, 3.8) is 0 Å². The number of amides is 2. The third-order valence-corrected chi connectivity index (χ3v) is 6.11. The van der Waals surface area contributed by atoms with E-state index in [2.05, 4.69) is 17.0 Å². The molecule has 140 valence electrons. The van der Waals surface area contributed by atoms with Crippen LogP contribution in [0, 0.1) is 11.8 Å². The van der Waals surface area contributed by atoms with Gasteiger partial charge in [-0.2, -0.15) is 0 Å². The lowest BCUT2D eigenvalue weighted by Crippen LogP contribution is -2.49. The van der Waals surface area contributed by atoms with E-state index in [1.54, 1.807) is 18.2 Å². The molecular formula is C23H20N2O3. The zero-order chi connectivity index (χ0) is 19.3. The average Bonchev–Trinajstić information content (AvgIpc) is 3.12. The van der Waals surface area contributed by atoms with E-state index < -0.39 is 17.9 Å². The lowest BCUT2D eigenvalue weighted by atomic mass is 9.90. The Morgan fingerprint density at radius 1 is 0.786 bits per heavy atom. The van der Waals surface area contributed by atoms with Crippen molar-refractivity contribution in [1.29, 1.82) is 0 Å². The van der Waals surface area contributed by atoms with Crippen molar-refractivity contribution in [2.45, 2.75) is 18.5 Å². The van der Waals surface area contributed by atoms with Crippen molar-refractivity contribution in [3.05, 3.63) is 78.4 Å². The largest absolute Gasteiger partial charge is 0.293 e. The van der Waals surface area contributed by atoms with Gasteiger partial charge in [0.25, 0.3) is 0 Å². The summed E-state index contributed by atoms with van der Waals surface area (Å²) >= 11 is 0. The highest BCUT2D eigenvalue weighted by atomic mass is 16.2. The molecule has 0 spiro atoms. The van der Waals surface area contributed by atoms with Gasteiger partial charge < -0.3 is 0 Å². The minimum atomic E-state index is -0.601. The van der Waals surface area contributed by atoms with Crippen LogP contribution in [-0.2, 0) is 20.8 Å². The van der Waals surface area contributed by atoms with Crippen LogP contribution in [0.25, 0.3) is 0 Å². The van der Waals surface area contributed by atoms with Crippen LogP contribution in [0.15, 0.2) is 72.8 Å². The maximum Gasteiger partial charge on any atom is 0.239 e. The molecule has 2 saturated heterocycles. The highest BCUT2D eigenvalue weighted by molar-refractivity contribution is 6.24. The van der Waals surface area contributed by atoms with Gasteiger partial charge in [-0.1, -0.05) is 54.6 Å². The number of hydrogen-bond acceptors (Lipinski definition) is 4. The van der Waals surface area contributed by atoms with E-state index in [0.717, 1.165) is 6.42 Å². The predicted octanol–water partition coefficient (Wildman–Crippen LogP) is 2.23. The number of benzene rings is 2. The minimum Gasteiger partial charge on any atom is -0.293 e. The fourth-order valence-corrected chi connectivity index (χ4v) is 4.89. The normalized spacial score (nSPS) is 28.9. The Hall–Kier alpha value is -3.05. The molecule has 0 aromatic heterocycles. The second-order valence-corrected chi connectivity index (χ2v) is 7.57. The SMILES string of the molecule is O=C1C=CC2C3C(=O)N(c4ccccc4)C(=O)C3C1N2CCc1ccccc1. The maximum atomic E-state index is 13.2. The van der Waals surface area contributed by atoms with Crippen LogP contribution in [0.3, 0.4) is 0 Å². The Labute approximate surface area is 163 Å². The lowest BCUT2D eigenvalue weighted by molar-refractivity contribution is -0.128. The summed E-state index contributed by atoms with van der Waals surface area (Å²) in [7, 11) is 0. The van der Waals surface area contributed by atoms with Gasteiger partial charge in [-0.25, -0.2) is 4.90 Å². The van der Waals surface area contributed by atoms with E-state index >= 15 is 0 Å². The van der Waals surface area contributed by atoms with Gasteiger partial charge in [0.1, 0.15) is 0 Å². The topological polar surface area (TPSA) is 57.7 Å². The summed E-state index contributed by atoms with van der Waals surface area (Å²) in [4.78, 5) is 42.4. The smallest absolute Gasteiger partial charge is 0.239 e. The number of para-hydroxylation sites is 1. The van der Waals surface area contributed by atoms with E-state index in [4.69, 9.17) is 0 Å². The molecule has 4 unspecified atom stereocenters. The van der Waals surface area contributed by atoms with Crippen molar-refractivity contribution in [1.82, 2.24) is 4.90 Å². The molecule has 0 saturated carbocycles. The van der Waals surface area contributed by atoms with Gasteiger partial charge in [0.15, 0.2) is 5.78 Å². The molecule has 5 nitrogen and oxygen atoms in total. The van der Waals surface area contributed by atoms with Crippen LogP contribution in [0.1, 0.15) is 5.56 Å². The standard InChI is InChI=1S/C23H20N2O3/c26-18-12-11-17-19-20(21(18)24(17)14-13-15-7-3-1-4-8-15)23(28)25(22(19)27)16-9-5-2-6-10-16/h1-12,17,19-21H,13-14H2. The summed E-state index contributed by atoms with van der Waals surface area (Å²) in [6.45, 7) is 0.647. The van der Waals surface area contributed by atoms with Crippen LogP contribution < -0.4 is 4.90 Å². The monoisotopic (exact) mass is 372 g/mol. The highest BCUT2D eigenvalue weighted by Gasteiger charge is 2.64. The van der Waals surface area contributed by atoms with Crippen LogP contribution in [0.4, 0.5) is 5.69 Å². The molecular weight excluding hydrogens is 352 g/mol. The summed E-state index contributed by atoms with van der Waals surface area (Å²) in [5, 5.41) is 0. The number of hydrogen-bond donors (Lipinski definition) is 0. The number of rotatable bonds is 4. The summed E-state index contributed by atoms with van der Waals surface area (Å²) in [6, 6.07) is 18.3. The minimum absolute atomic E-state index is 0.0760. The number of ketones is 1. The zero-order valence-electron chi connectivity index (χ0n) is 15.3.